The van der Waals surface area contributed by atoms with E-state index in [1.165, 1.54) is 11.1 Å². The minimum atomic E-state index is -0.670. The molecule has 0 fully saturated rings. The summed E-state index contributed by atoms with van der Waals surface area (Å²) in [6, 6.07) is 43.5. The van der Waals surface area contributed by atoms with Crippen molar-refractivity contribution in [3.63, 3.8) is 0 Å². The normalized spacial score (nSPS) is 16.2. The fraction of sp³-hybridized carbons (Fsp3) is 0.158. The lowest BCUT2D eigenvalue weighted by Crippen LogP contribution is -2.31. The van der Waals surface area contributed by atoms with Gasteiger partial charge in [0.1, 0.15) is 22.4 Å². The van der Waals surface area contributed by atoms with Crippen LogP contribution in [-0.2, 0) is 23.7 Å². The monoisotopic (exact) mass is 1120 g/mol. The van der Waals surface area contributed by atoms with Crippen molar-refractivity contribution >= 4 is 77.5 Å². The second-order valence-corrected chi connectivity index (χ2v) is 22.0. The number of hydrogen-bond acceptors (Lipinski definition) is 10. The summed E-state index contributed by atoms with van der Waals surface area (Å²) < 4.78 is 2.14. The second-order valence-electron chi connectivity index (χ2n) is 18.0. The predicted molar refractivity (Wildman–Crippen MR) is 307 cm³/mol. The molecule has 2 aliphatic carbocycles. The molecule has 2 N–H and O–H groups in total. The lowest BCUT2D eigenvalue weighted by atomic mass is 9.75. The number of nitrogens with one attached hydrogen (secondary N) is 2. The fourth-order valence-corrected chi connectivity index (χ4v) is 14.5. The van der Waals surface area contributed by atoms with Crippen LogP contribution in [0, 0.1) is 13.8 Å². The third-order valence-corrected chi connectivity index (χ3v) is 17.2. The summed E-state index contributed by atoms with van der Waals surface area (Å²) in [5.74, 6) is 0. The van der Waals surface area contributed by atoms with Gasteiger partial charge < -0.3 is 0 Å². The number of aromatic nitrogens is 8. The molecular weight excluding hydrogens is 1080 g/mol. The van der Waals surface area contributed by atoms with Gasteiger partial charge in [-0.2, -0.15) is 19.6 Å². The summed E-state index contributed by atoms with van der Waals surface area (Å²) in [6.07, 6.45) is 5.28. The van der Waals surface area contributed by atoms with E-state index in [1.54, 1.807) is 46.9 Å². The van der Waals surface area contributed by atoms with Crippen LogP contribution in [0.1, 0.15) is 73.4 Å². The summed E-state index contributed by atoms with van der Waals surface area (Å²) in [5.41, 5.74) is 7.10. The van der Waals surface area contributed by atoms with Gasteiger partial charge >= 0.3 is 11.4 Å². The molecule has 4 aromatic heterocycles. The van der Waals surface area contributed by atoms with Crippen LogP contribution in [-0.4, -0.2) is 47.9 Å². The molecule has 0 spiro atoms. The summed E-state index contributed by atoms with van der Waals surface area (Å²) in [7, 11) is 0. The zero-order valence-electron chi connectivity index (χ0n) is 39.9. The maximum absolute atomic E-state index is 12.4. The van der Waals surface area contributed by atoms with Crippen molar-refractivity contribution < 1.29 is 0 Å². The maximum Gasteiger partial charge on any atom is 0.349 e. The van der Waals surface area contributed by atoms with Crippen molar-refractivity contribution in [1.29, 1.82) is 0 Å². The van der Waals surface area contributed by atoms with E-state index in [9.17, 15) is 19.2 Å². The molecule has 76 heavy (non-hydrogen) atoms. The number of H-pyrrole nitrogens is 2. The van der Waals surface area contributed by atoms with Crippen molar-refractivity contribution in [3.05, 3.63) is 261 Å². The molecule has 379 valence electrons. The lowest BCUT2D eigenvalue weighted by Gasteiger charge is -2.31. The highest BCUT2D eigenvalue weighted by Crippen LogP contribution is 2.56. The molecule has 0 bridgehead atoms. The van der Waals surface area contributed by atoms with Gasteiger partial charge in [0, 0.05) is 60.5 Å². The Balaban J connectivity index is 0.000000181. The molecule has 0 saturated heterocycles. The van der Waals surface area contributed by atoms with E-state index in [2.05, 4.69) is 82.5 Å². The molecule has 12 nitrogen and oxygen atoms in total. The zero-order valence-corrected chi connectivity index (χ0v) is 44.6. The van der Waals surface area contributed by atoms with Crippen molar-refractivity contribution in [1.82, 2.24) is 39.5 Å². The standard InChI is InChI=1S/2C28H20Cl2N4O2S.CH4.B/c2*1-16-25(18-8-3-2-4-9-18)33-26(37-16)28(12-11-17-7-5-6-10-20(17)28)24-21(29)13-19(14-22(24)30)34-27(36)32-23(35)15-31-34;;/h2*2-10,13-15H,11-12H2,1H3,(H,32,35,36);1H4;. The Kier molecular flexibility index (Phi) is 15.3. The number of hydrogen-bond donors (Lipinski definition) is 2. The minimum Gasteiger partial charge on any atom is -0.271 e. The van der Waals surface area contributed by atoms with Crippen LogP contribution in [0.5, 0.6) is 0 Å². The number of fused-ring (bicyclic) bond motifs is 2. The highest BCUT2D eigenvalue weighted by atomic mass is 35.5. The van der Waals surface area contributed by atoms with Crippen molar-refractivity contribution in [2.24, 2.45) is 0 Å². The van der Waals surface area contributed by atoms with Gasteiger partial charge in [-0.1, -0.05) is 163 Å². The van der Waals surface area contributed by atoms with Crippen molar-refractivity contribution in [2.45, 2.75) is 57.8 Å². The molecule has 0 amide bonds. The van der Waals surface area contributed by atoms with Crippen molar-refractivity contribution in [3.8, 4) is 33.9 Å². The van der Waals surface area contributed by atoms with Crippen LogP contribution in [0.2, 0.25) is 20.1 Å². The number of aryl methyl sites for hydroxylation is 4. The van der Waals surface area contributed by atoms with Gasteiger partial charge in [-0.3, -0.25) is 19.6 Å². The minimum absolute atomic E-state index is 0. The molecule has 3 radical (unpaired) electrons. The quantitative estimate of drug-likeness (QED) is 0.142. The van der Waals surface area contributed by atoms with E-state index in [1.807, 2.05) is 60.7 Å². The number of halogens is 4. The Morgan fingerprint density at radius 2 is 0.855 bits per heavy atom. The first-order chi connectivity index (χ1) is 35.8. The number of rotatable bonds is 8. The van der Waals surface area contributed by atoms with Crippen LogP contribution < -0.4 is 22.5 Å². The van der Waals surface area contributed by atoms with Crippen LogP contribution in [0.25, 0.3) is 33.9 Å². The third kappa shape index (κ3) is 9.32. The number of benzene rings is 6. The lowest BCUT2D eigenvalue weighted by molar-refractivity contribution is 0.606. The zero-order chi connectivity index (χ0) is 51.5. The molecule has 12 rings (SSSR count). The second kappa shape index (κ2) is 21.6. The summed E-state index contributed by atoms with van der Waals surface area (Å²) in [5, 5.41) is 11.3. The summed E-state index contributed by atoms with van der Waals surface area (Å²) in [6.45, 7) is 4.16. The molecule has 0 aliphatic heterocycles. The number of aromatic amines is 2. The molecule has 4 heterocycles. The van der Waals surface area contributed by atoms with Gasteiger partial charge in [-0.25, -0.2) is 19.6 Å². The average Bonchev–Trinajstić information content (AvgIpc) is 4.26. The first-order valence-corrected chi connectivity index (χ1v) is 26.5. The third-order valence-electron chi connectivity index (χ3n) is 13.7. The number of nitrogens with zero attached hydrogens (tertiary/aromatic N) is 6. The Morgan fingerprint density at radius 3 is 1.21 bits per heavy atom. The summed E-state index contributed by atoms with van der Waals surface area (Å²) >= 11 is 31.3. The molecule has 2 unspecified atom stereocenters. The van der Waals surface area contributed by atoms with Crippen molar-refractivity contribution in [2.75, 3.05) is 0 Å². The number of thiazole rings is 2. The van der Waals surface area contributed by atoms with Gasteiger partial charge in [0.15, 0.2) is 0 Å². The van der Waals surface area contributed by atoms with Crippen LogP contribution >= 0.6 is 69.1 Å². The Morgan fingerprint density at radius 1 is 0.513 bits per heavy atom. The fourth-order valence-electron chi connectivity index (χ4n) is 10.5. The molecule has 19 heteroatoms. The molecule has 2 atom stereocenters. The van der Waals surface area contributed by atoms with Gasteiger partial charge in [-0.15, -0.1) is 22.7 Å². The van der Waals surface area contributed by atoms with E-state index < -0.39 is 33.3 Å². The first kappa shape index (κ1) is 53.8. The SMILES string of the molecule is C.Cc1sc(C2(c3c(Cl)cc(-n4ncc(=O)[nH]c4=O)cc3Cl)CCc3ccccc32)nc1-c1ccccc1.Cc1sc(C2(c3c(Cl)cc(-n4ncc(=O)[nH]c4=O)cc3Cl)CCc3ccccc32)nc1-c1ccccc1.[B]. The molecule has 10 aromatic rings. The molecular formula is C57H44BCl4N8O4S2. The highest BCUT2D eigenvalue weighted by molar-refractivity contribution is 7.12. The molecule has 6 aromatic carbocycles. The molecule has 2 aliphatic rings. The van der Waals surface area contributed by atoms with E-state index in [-0.39, 0.29) is 15.8 Å². The van der Waals surface area contributed by atoms with Crippen LogP contribution in [0.15, 0.2) is 165 Å². The van der Waals surface area contributed by atoms with E-state index in [0.717, 1.165) is 112 Å². The van der Waals surface area contributed by atoms with Gasteiger partial charge in [-0.05, 0) is 86.1 Å². The largest absolute Gasteiger partial charge is 0.349 e. The van der Waals surface area contributed by atoms with E-state index >= 15 is 0 Å². The van der Waals surface area contributed by atoms with E-state index in [0.29, 0.717) is 31.5 Å². The maximum atomic E-state index is 12.4. The predicted octanol–water partition coefficient (Wildman–Crippen LogP) is 12.1. The van der Waals surface area contributed by atoms with Gasteiger partial charge in [0.25, 0.3) is 11.1 Å². The molecule has 0 saturated carbocycles. The Hall–Kier alpha value is -6.98. The Labute approximate surface area is 466 Å². The topological polar surface area (TPSA) is 161 Å². The van der Waals surface area contributed by atoms with Crippen LogP contribution in [0.4, 0.5) is 0 Å². The van der Waals surface area contributed by atoms with E-state index in [4.69, 9.17) is 56.4 Å². The Bertz CT molecular complexity index is 3780. The first-order valence-electron chi connectivity index (χ1n) is 23.4. The van der Waals surface area contributed by atoms with Gasteiger partial charge in [0.2, 0.25) is 0 Å². The smallest absolute Gasteiger partial charge is 0.271 e. The average molecular weight is 1120 g/mol. The van der Waals surface area contributed by atoms with Crippen LogP contribution in [0.3, 0.4) is 0 Å². The highest BCUT2D eigenvalue weighted by Gasteiger charge is 2.49. The van der Waals surface area contributed by atoms with Gasteiger partial charge in [0.05, 0.1) is 33.6 Å². The summed E-state index contributed by atoms with van der Waals surface area (Å²) in [4.78, 5) is 64.8.